The molecule has 3 heterocycles. The summed E-state index contributed by atoms with van der Waals surface area (Å²) in [6, 6.07) is 17.5. The largest absolute Gasteiger partial charge is 0.325 e. The minimum atomic E-state index is -0.0841. The predicted octanol–water partition coefficient (Wildman–Crippen LogP) is 5.32. The summed E-state index contributed by atoms with van der Waals surface area (Å²) in [5, 5.41) is 14.3. The minimum Gasteiger partial charge on any atom is -0.325 e. The number of rotatable bonds is 8. The fourth-order valence-corrected chi connectivity index (χ4v) is 4.49. The Morgan fingerprint density at radius 2 is 2.06 bits per heavy atom. The summed E-state index contributed by atoms with van der Waals surface area (Å²) in [7, 11) is 0. The molecule has 0 atom stereocenters. The minimum absolute atomic E-state index is 0.0841. The second kappa shape index (κ2) is 10.2. The quantitative estimate of drug-likeness (QED) is 0.370. The number of anilines is 1. The number of benzene rings is 1. The van der Waals surface area contributed by atoms with Crippen molar-refractivity contribution in [3.8, 4) is 10.7 Å². The van der Waals surface area contributed by atoms with Crippen molar-refractivity contribution < 1.29 is 4.79 Å². The van der Waals surface area contributed by atoms with Crippen LogP contribution in [0.15, 0.2) is 71.3 Å². The first-order valence-corrected chi connectivity index (χ1v) is 11.7. The summed E-state index contributed by atoms with van der Waals surface area (Å²) < 4.78 is 2.03. The van der Waals surface area contributed by atoms with E-state index in [-0.39, 0.29) is 11.7 Å². The Morgan fingerprint density at radius 1 is 1.13 bits per heavy atom. The molecule has 1 N–H and O–H groups in total. The molecule has 4 rings (SSSR count). The monoisotopic (exact) mass is 447 g/mol. The molecule has 156 valence electrons. The van der Waals surface area contributed by atoms with E-state index in [1.807, 2.05) is 76.7 Å². The molecule has 0 aliphatic rings. The van der Waals surface area contributed by atoms with Crippen LogP contribution in [0.5, 0.6) is 0 Å². The molecule has 0 spiro atoms. The topological polar surface area (TPSA) is 72.7 Å². The number of nitrogens with zero attached hydrogens (tertiary/aromatic N) is 4. The normalized spacial score (nSPS) is 11.1. The smallest absolute Gasteiger partial charge is 0.234 e. The Balaban J connectivity index is 1.37. The molecule has 1 aromatic carbocycles. The van der Waals surface area contributed by atoms with Crippen LogP contribution in [0.4, 0.5) is 5.69 Å². The molecule has 1 amide bonds. The van der Waals surface area contributed by atoms with Crippen LogP contribution < -0.4 is 5.32 Å². The molecule has 0 saturated heterocycles. The first-order chi connectivity index (χ1) is 15.2. The first-order valence-electron chi connectivity index (χ1n) is 9.82. The van der Waals surface area contributed by atoms with Crippen molar-refractivity contribution >= 4 is 46.8 Å². The summed E-state index contributed by atoms with van der Waals surface area (Å²) >= 11 is 3.02. The summed E-state index contributed by atoms with van der Waals surface area (Å²) in [5.74, 6) is 1.02. The number of nitrogens with one attached hydrogen (secondary N) is 1. The number of hydrogen-bond acceptors (Lipinski definition) is 6. The van der Waals surface area contributed by atoms with Crippen LogP contribution in [0.3, 0.4) is 0 Å². The average molecular weight is 448 g/mol. The van der Waals surface area contributed by atoms with Gasteiger partial charge in [-0.15, -0.1) is 21.5 Å². The van der Waals surface area contributed by atoms with Gasteiger partial charge in [0.15, 0.2) is 11.0 Å². The van der Waals surface area contributed by atoms with Crippen LogP contribution in [0.1, 0.15) is 18.2 Å². The fraction of sp³-hybridized carbons (Fsp3) is 0.130. The van der Waals surface area contributed by atoms with Gasteiger partial charge in [-0.05, 0) is 54.3 Å². The molecule has 3 aromatic heterocycles. The average Bonchev–Trinajstić information content (AvgIpc) is 3.46. The van der Waals surface area contributed by atoms with Crippen molar-refractivity contribution in [1.82, 2.24) is 19.7 Å². The first kappa shape index (κ1) is 21.0. The standard InChI is InChI=1S/C23H21N5OS2/c1-2-28-22(20-10-6-14-30-20)26-27-23(28)31-16-21(29)25-19-9-5-7-17(15-19)11-12-18-8-3-4-13-24-18/h3-15H,2,16H2,1H3,(H,25,29). The number of pyridine rings is 1. The second-order valence-corrected chi connectivity index (χ2v) is 8.47. The Bertz CT molecular complexity index is 1170. The van der Waals surface area contributed by atoms with Gasteiger partial charge in [0.1, 0.15) is 0 Å². The predicted molar refractivity (Wildman–Crippen MR) is 128 cm³/mol. The van der Waals surface area contributed by atoms with Gasteiger partial charge in [-0.2, -0.15) is 0 Å². The highest BCUT2D eigenvalue weighted by Crippen LogP contribution is 2.27. The van der Waals surface area contributed by atoms with Crippen molar-refractivity contribution in [2.45, 2.75) is 18.6 Å². The number of carbonyl (C=O) groups is 1. The maximum atomic E-state index is 12.5. The molecular weight excluding hydrogens is 426 g/mol. The highest BCUT2D eigenvalue weighted by Gasteiger charge is 2.15. The molecule has 0 unspecified atom stereocenters. The van der Waals surface area contributed by atoms with Gasteiger partial charge >= 0.3 is 0 Å². The SMILES string of the molecule is CCn1c(SCC(=O)Nc2cccc(C=Cc3ccccn3)c2)nnc1-c1cccs1. The van der Waals surface area contributed by atoms with Gasteiger partial charge in [0, 0.05) is 18.4 Å². The Labute approximate surface area is 189 Å². The Kier molecular flexibility index (Phi) is 6.91. The van der Waals surface area contributed by atoms with Gasteiger partial charge in [-0.1, -0.05) is 42.1 Å². The second-order valence-electron chi connectivity index (χ2n) is 6.58. The molecule has 8 heteroatoms. The van der Waals surface area contributed by atoms with Crippen molar-refractivity contribution in [3.63, 3.8) is 0 Å². The Hall–Kier alpha value is -3.23. The Morgan fingerprint density at radius 3 is 2.84 bits per heavy atom. The van der Waals surface area contributed by atoms with Crippen molar-refractivity contribution in [2.24, 2.45) is 0 Å². The van der Waals surface area contributed by atoms with E-state index in [1.165, 1.54) is 11.8 Å². The van der Waals surface area contributed by atoms with Crippen LogP contribution in [-0.2, 0) is 11.3 Å². The molecule has 0 aliphatic heterocycles. The van der Waals surface area contributed by atoms with E-state index in [2.05, 4.69) is 27.4 Å². The third kappa shape index (κ3) is 5.48. The highest BCUT2D eigenvalue weighted by molar-refractivity contribution is 7.99. The number of thiophene rings is 1. The van der Waals surface area contributed by atoms with Gasteiger partial charge in [0.2, 0.25) is 5.91 Å². The molecule has 0 fully saturated rings. The summed E-state index contributed by atoms with van der Waals surface area (Å²) in [5.41, 5.74) is 2.63. The van der Waals surface area contributed by atoms with Crippen LogP contribution in [0.2, 0.25) is 0 Å². The van der Waals surface area contributed by atoms with E-state index < -0.39 is 0 Å². The molecule has 0 saturated carbocycles. The zero-order valence-corrected chi connectivity index (χ0v) is 18.6. The van der Waals surface area contributed by atoms with Crippen LogP contribution in [0, 0.1) is 0 Å². The van der Waals surface area contributed by atoms with E-state index in [9.17, 15) is 4.79 Å². The molecule has 0 aliphatic carbocycles. The number of thioether (sulfide) groups is 1. The number of aromatic nitrogens is 4. The lowest BCUT2D eigenvalue weighted by Gasteiger charge is -2.07. The van der Waals surface area contributed by atoms with E-state index in [0.29, 0.717) is 0 Å². The highest BCUT2D eigenvalue weighted by atomic mass is 32.2. The number of amides is 1. The number of carbonyl (C=O) groups excluding carboxylic acids is 1. The molecule has 6 nitrogen and oxygen atoms in total. The molecule has 31 heavy (non-hydrogen) atoms. The van der Waals surface area contributed by atoms with E-state index in [0.717, 1.165) is 39.3 Å². The van der Waals surface area contributed by atoms with Crippen molar-refractivity contribution in [2.75, 3.05) is 11.1 Å². The van der Waals surface area contributed by atoms with E-state index in [4.69, 9.17) is 0 Å². The zero-order chi connectivity index (χ0) is 21.5. The lowest BCUT2D eigenvalue weighted by molar-refractivity contribution is -0.113. The molecular formula is C23H21N5OS2. The van der Waals surface area contributed by atoms with Crippen molar-refractivity contribution in [3.05, 3.63) is 77.4 Å². The van der Waals surface area contributed by atoms with Gasteiger partial charge in [0.25, 0.3) is 0 Å². The summed E-state index contributed by atoms with van der Waals surface area (Å²) in [6.07, 6.45) is 5.68. The lowest BCUT2D eigenvalue weighted by atomic mass is 10.1. The van der Waals surface area contributed by atoms with Gasteiger partial charge < -0.3 is 9.88 Å². The van der Waals surface area contributed by atoms with Gasteiger partial charge in [0.05, 0.1) is 16.3 Å². The van der Waals surface area contributed by atoms with E-state index in [1.54, 1.807) is 17.5 Å². The van der Waals surface area contributed by atoms with E-state index >= 15 is 0 Å². The fourth-order valence-electron chi connectivity index (χ4n) is 2.97. The van der Waals surface area contributed by atoms with Gasteiger partial charge in [-0.25, -0.2) is 0 Å². The lowest BCUT2D eigenvalue weighted by Crippen LogP contribution is -2.14. The molecule has 4 aromatic rings. The summed E-state index contributed by atoms with van der Waals surface area (Å²) in [4.78, 5) is 17.8. The van der Waals surface area contributed by atoms with Gasteiger partial charge in [-0.3, -0.25) is 9.78 Å². The van der Waals surface area contributed by atoms with Crippen LogP contribution >= 0.6 is 23.1 Å². The zero-order valence-electron chi connectivity index (χ0n) is 16.9. The maximum Gasteiger partial charge on any atom is 0.234 e. The van der Waals surface area contributed by atoms with Crippen LogP contribution in [0.25, 0.3) is 22.9 Å². The number of hydrogen-bond donors (Lipinski definition) is 1. The van der Waals surface area contributed by atoms with Crippen molar-refractivity contribution in [1.29, 1.82) is 0 Å². The van der Waals surface area contributed by atoms with Crippen LogP contribution in [-0.4, -0.2) is 31.4 Å². The molecule has 0 bridgehead atoms. The third-order valence-corrected chi connectivity index (χ3v) is 6.24. The molecule has 0 radical (unpaired) electrons. The third-order valence-electron chi connectivity index (χ3n) is 4.41. The maximum absolute atomic E-state index is 12.5. The summed E-state index contributed by atoms with van der Waals surface area (Å²) in [6.45, 7) is 2.80.